The van der Waals surface area contributed by atoms with Crippen molar-refractivity contribution in [2.24, 2.45) is 0 Å². The fourth-order valence-electron chi connectivity index (χ4n) is 1.82. The number of nitrogens with zero attached hydrogens (tertiary/aromatic N) is 5. The summed E-state index contributed by atoms with van der Waals surface area (Å²) in [5.41, 5.74) is 1.57. The van der Waals surface area contributed by atoms with E-state index in [1.54, 1.807) is 18.2 Å². The molecule has 0 saturated carbocycles. The third-order valence-corrected chi connectivity index (χ3v) is 3.16. The van der Waals surface area contributed by atoms with Gasteiger partial charge in [0.05, 0.1) is 5.56 Å². The van der Waals surface area contributed by atoms with E-state index in [4.69, 9.17) is 11.6 Å². The van der Waals surface area contributed by atoms with E-state index in [0.29, 0.717) is 11.1 Å². The van der Waals surface area contributed by atoms with Crippen LogP contribution in [0.4, 0.5) is 13.2 Å². The number of aromatic nitrogens is 5. The summed E-state index contributed by atoms with van der Waals surface area (Å²) in [7, 11) is 0. The van der Waals surface area contributed by atoms with Crippen molar-refractivity contribution in [1.82, 2.24) is 25.2 Å². The summed E-state index contributed by atoms with van der Waals surface area (Å²) in [5.74, 6) is -0.436. The summed E-state index contributed by atoms with van der Waals surface area (Å²) >= 11 is 5.96. The van der Waals surface area contributed by atoms with Gasteiger partial charge in [-0.3, -0.25) is 0 Å². The molecule has 0 bridgehead atoms. The van der Waals surface area contributed by atoms with E-state index >= 15 is 0 Å². The summed E-state index contributed by atoms with van der Waals surface area (Å²) in [6, 6.07) is 7.31. The van der Waals surface area contributed by atoms with Gasteiger partial charge in [0, 0.05) is 11.8 Å². The van der Waals surface area contributed by atoms with E-state index in [1.165, 1.54) is 18.3 Å². The van der Waals surface area contributed by atoms with Crippen LogP contribution in [-0.4, -0.2) is 25.2 Å². The quantitative estimate of drug-likeness (QED) is 0.691. The van der Waals surface area contributed by atoms with Gasteiger partial charge in [0.25, 0.3) is 0 Å². The maximum absolute atomic E-state index is 13.0. The molecule has 0 saturated heterocycles. The van der Waals surface area contributed by atoms with Gasteiger partial charge in [-0.25, -0.2) is 9.37 Å². The molecule has 3 aromatic rings. The van der Waals surface area contributed by atoms with Crippen molar-refractivity contribution in [3.05, 3.63) is 47.5 Å². The van der Waals surface area contributed by atoms with E-state index in [1.807, 2.05) is 0 Å². The number of hydrogen-bond acceptors (Lipinski definition) is 4. The molecule has 5 nitrogen and oxygen atoms in total. The predicted octanol–water partition coefficient (Wildman–Crippen LogP) is 3.59. The summed E-state index contributed by atoms with van der Waals surface area (Å²) in [4.78, 5) is 4.15. The highest BCUT2D eigenvalue weighted by atomic mass is 35.5. The van der Waals surface area contributed by atoms with E-state index in [-0.39, 0.29) is 27.2 Å². The van der Waals surface area contributed by atoms with Gasteiger partial charge in [-0.05, 0) is 29.0 Å². The van der Waals surface area contributed by atoms with E-state index < -0.39 is 6.55 Å². The number of halogens is 4. The first-order chi connectivity index (χ1) is 10.5. The number of hydrogen-bond donors (Lipinski definition) is 0. The molecule has 0 aliphatic rings. The van der Waals surface area contributed by atoms with Gasteiger partial charge in [0.15, 0.2) is 0 Å². The maximum Gasteiger partial charge on any atom is 0.350 e. The molecule has 2 heterocycles. The molecule has 9 heteroatoms. The molecule has 0 fully saturated rings. The second-order valence-electron chi connectivity index (χ2n) is 4.28. The van der Waals surface area contributed by atoms with Crippen LogP contribution < -0.4 is 0 Å². The van der Waals surface area contributed by atoms with Crippen LogP contribution in [-0.2, 0) is 0 Å². The van der Waals surface area contributed by atoms with Crippen LogP contribution in [0.15, 0.2) is 36.5 Å². The van der Waals surface area contributed by atoms with Gasteiger partial charge in [0.1, 0.15) is 11.0 Å². The first-order valence-corrected chi connectivity index (χ1v) is 6.42. The Balaban J connectivity index is 2.04. The Hall–Kier alpha value is -2.48. The zero-order chi connectivity index (χ0) is 15.7. The van der Waals surface area contributed by atoms with Gasteiger partial charge in [-0.15, -0.1) is 10.2 Å². The number of alkyl halides is 2. The van der Waals surface area contributed by atoms with E-state index in [9.17, 15) is 13.2 Å². The molecule has 3 rings (SSSR count). The standard InChI is InChI=1S/C13H7ClF3N5/c14-11-10(12-19-21-22(20-12)13(16)17)5-8(6-18-11)7-1-3-9(15)4-2-7/h1-6,13H. The van der Waals surface area contributed by atoms with Crippen LogP contribution in [0, 0.1) is 5.82 Å². The molecule has 22 heavy (non-hydrogen) atoms. The average molecular weight is 326 g/mol. The Morgan fingerprint density at radius 1 is 1.09 bits per heavy atom. The molecule has 0 radical (unpaired) electrons. The van der Waals surface area contributed by atoms with Crippen LogP contribution in [0.25, 0.3) is 22.5 Å². The third kappa shape index (κ3) is 2.77. The number of tetrazole rings is 1. The normalized spacial score (nSPS) is 11.1. The fraction of sp³-hybridized carbons (Fsp3) is 0.0769. The number of rotatable bonds is 3. The van der Waals surface area contributed by atoms with Crippen LogP contribution in [0.1, 0.15) is 6.55 Å². The second-order valence-corrected chi connectivity index (χ2v) is 4.64. The summed E-state index contributed by atoms with van der Waals surface area (Å²) < 4.78 is 37.9. The number of pyridine rings is 1. The highest BCUT2D eigenvalue weighted by molar-refractivity contribution is 6.32. The van der Waals surface area contributed by atoms with Crippen molar-refractivity contribution < 1.29 is 13.2 Å². The Bertz CT molecular complexity index is 804. The van der Waals surface area contributed by atoms with Crippen LogP contribution in [0.3, 0.4) is 0 Å². The Labute approximate surface area is 127 Å². The second kappa shape index (κ2) is 5.72. The summed E-state index contributed by atoms with van der Waals surface area (Å²) in [5, 5.41) is 10.4. The van der Waals surface area contributed by atoms with Gasteiger partial charge in [-0.1, -0.05) is 28.5 Å². The molecule has 112 valence electrons. The molecular weight excluding hydrogens is 319 g/mol. The maximum atomic E-state index is 13.0. The summed E-state index contributed by atoms with van der Waals surface area (Å²) in [6.07, 6.45) is 1.48. The first-order valence-electron chi connectivity index (χ1n) is 6.04. The molecule has 0 N–H and O–H groups in total. The minimum atomic E-state index is -2.90. The molecule has 0 aliphatic carbocycles. The minimum absolute atomic E-state index is 0.0553. The van der Waals surface area contributed by atoms with Crippen molar-refractivity contribution in [2.45, 2.75) is 6.55 Å². The van der Waals surface area contributed by atoms with E-state index in [2.05, 4.69) is 20.4 Å². The topological polar surface area (TPSA) is 56.5 Å². The van der Waals surface area contributed by atoms with Gasteiger partial charge < -0.3 is 0 Å². The molecule has 0 aliphatic heterocycles. The predicted molar refractivity (Wildman–Crippen MR) is 72.7 cm³/mol. The van der Waals surface area contributed by atoms with E-state index in [0.717, 1.165) is 0 Å². The average Bonchev–Trinajstić information content (AvgIpc) is 2.99. The lowest BCUT2D eigenvalue weighted by Gasteiger charge is -2.04. The van der Waals surface area contributed by atoms with Crippen molar-refractivity contribution in [3.8, 4) is 22.5 Å². The van der Waals surface area contributed by atoms with Crippen LogP contribution in [0.2, 0.25) is 5.15 Å². The lowest BCUT2D eigenvalue weighted by atomic mass is 10.1. The van der Waals surface area contributed by atoms with Crippen molar-refractivity contribution in [1.29, 1.82) is 0 Å². The SMILES string of the molecule is Fc1ccc(-c2cnc(Cl)c(-c3nnn(C(F)F)n3)c2)cc1. The zero-order valence-electron chi connectivity index (χ0n) is 10.8. The third-order valence-electron chi connectivity index (χ3n) is 2.86. The van der Waals surface area contributed by atoms with Gasteiger partial charge in [0.2, 0.25) is 5.82 Å². The highest BCUT2D eigenvalue weighted by Crippen LogP contribution is 2.28. The monoisotopic (exact) mass is 325 g/mol. The molecule has 2 aromatic heterocycles. The van der Waals surface area contributed by atoms with Crippen molar-refractivity contribution in [2.75, 3.05) is 0 Å². The number of benzene rings is 1. The molecular formula is C13H7ClF3N5. The largest absolute Gasteiger partial charge is 0.350 e. The molecule has 0 amide bonds. The molecule has 0 unspecified atom stereocenters. The first kappa shape index (κ1) is 14.5. The molecule has 0 atom stereocenters. The smallest absolute Gasteiger partial charge is 0.243 e. The lowest BCUT2D eigenvalue weighted by Crippen LogP contribution is -2.02. The van der Waals surface area contributed by atoms with Gasteiger partial charge >= 0.3 is 6.55 Å². The lowest BCUT2D eigenvalue weighted by molar-refractivity contribution is 0.0397. The van der Waals surface area contributed by atoms with Crippen LogP contribution in [0.5, 0.6) is 0 Å². The zero-order valence-corrected chi connectivity index (χ0v) is 11.5. The van der Waals surface area contributed by atoms with Gasteiger partial charge in [-0.2, -0.15) is 8.78 Å². The van der Waals surface area contributed by atoms with Crippen molar-refractivity contribution in [3.63, 3.8) is 0 Å². The molecule has 0 spiro atoms. The Morgan fingerprint density at radius 3 is 2.45 bits per heavy atom. The Morgan fingerprint density at radius 2 is 1.82 bits per heavy atom. The van der Waals surface area contributed by atoms with Crippen molar-refractivity contribution >= 4 is 11.6 Å². The highest BCUT2D eigenvalue weighted by Gasteiger charge is 2.16. The molecule has 1 aromatic carbocycles. The Kier molecular flexibility index (Phi) is 3.76. The summed E-state index contributed by atoms with van der Waals surface area (Å²) in [6.45, 7) is -2.90. The minimum Gasteiger partial charge on any atom is -0.243 e. The fourth-order valence-corrected chi connectivity index (χ4v) is 2.01. The van der Waals surface area contributed by atoms with Crippen LogP contribution >= 0.6 is 11.6 Å².